The monoisotopic (exact) mass is 493 g/mol. The van der Waals surface area contributed by atoms with Crippen LogP contribution in [0.25, 0.3) is 0 Å². The summed E-state index contributed by atoms with van der Waals surface area (Å²) in [6.45, 7) is 2.37. The fourth-order valence-electron chi connectivity index (χ4n) is 4.26. The van der Waals surface area contributed by atoms with Gasteiger partial charge in [-0.05, 0) is 44.0 Å². The van der Waals surface area contributed by atoms with Crippen molar-refractivity contribution in [3.05, 3.63) is 81.0 Å². The predicted octanol–water partition coefficient (Wildman–Crippen LogP) is 5.54. The number of dihydropyridines is 1. The maximum atomic E-state index is 13.0. The molecule has 0 aromatic heterocycles. The van der Waals surface area contributed by atoms with Crippen molar-refractivity contribution in [2.24, 2.45) is 0 Å². The largest absolute Gasteiger partial charge is 0.494 e. The lowest BCUT2D eigenvalue weighted by atomic mass is 9.76. The SMILES string of the molecule is CCOc1ccccc1[C@@H]1C(C#N)=C(SCC(=O)Nc2cccc(Cl)c2)NC2=C1C(=O)CCC2. The lowest BCUT2D eigenvalue weighted by Gasteiger charge is -2.33. The zero-order valence-electron chi connectivity index (χ0n) is 18.7. The Morgan fingerprint density at radius 2 is 2.09 bits per heavy atom. The van der Waals surface area contributed by atoms with Gasteiger partial charge in [0, 0.05) is 34.0 Å². The molecular weight excluding hydrogens is 470 g/mol. The second-order valence-corrected chi connectivity index (χ2v) is 9.32. The highest BCUT2D eigenvalue weighted by Crippen LogP contribution is 2.46. The highest BCUT2D eigenvalue weighted by atomic mass is 35.5. The summed E-state index contributed by atoms with van der Waals surface area (Å²) in [6, 6.07) is 16.8. The Morgan fingerprint density at radius 1 is 1.26 bits per heavy atom. The Kier molecular flexibility index (Phi) is 7.61. The van der Waals surface area contributed by atoms with Crippen LogP contribution in [-0.4, -0.2) is 24.1 Å². The molecule has 4 rings (SSSR count). The number of allylic oxidation sites excluding steroid dienone is 3. The Bertz CT molecular complexity index is 1230. The molecule has 34 heavy (non-hydrogen) atoms. The van der Waals surface area contributed by atoms with E-state index in [0.29, 0.717) is 52.1 Å². The number of hydrogen-bond acceptors (Lipinski definition) is 6. The van der Waals surface area contributed by atoms with Crippen LogP contribution in [0.4, 0.5) is 5.69 Å². The Labute approximate surface area is 208 Å². The number of hydrogen-bond donors (Lipinski definition) is 2. The van der Waals surface area contributed by atoms with Gasteiger partial charge in [-0.15, -0.1) is 0 Å². The predicted molar refractivity (Wildman–Crippen MR) is 135 cm³/mol. The van der Waals surface area contributed by atoms with Gasteiger partial charge in [-0.3, -0.25) is 9.59 Å². The van der Waals surface area contributed by atoms with Crippen molar-refractivity contribution in [2.45, 2.75) is 32.1 Å². The van der Waals surface area contributed by atoms with Gasteiger partial charge in [-0.1, -0.05) is 47.6 Å². The molecule has 0 radical (unpaired) electrons. The van der Waals surface area contributed by atoms with E-state index in [1.807, 2.05) is 31.2 Å². The number of amides is 1. The maximum absolute atomic E-state index is 13.0. The lowest BCUT2D eigenvalue weighted by Crippen LogP contribution is -2.32. The molecular formula is C26H24ClN3O3S. The van der Waals surface area contributed by atoms with Crippen molar-refractivity contribution in [1.29, 1.82) is 5.26 Å². The van der Waals surface area contributed by atoms with E-state index in [1.54, 1.807) is 24.3 Å². The molecule has 1 amide bonds. The standard InChI is InChI=1S/C26H24ClN3O3S/c1-2-33-22-12-4-3-9-18(22)24-19(14-28)26(30-20-10-6-11-21(31)25(20)24)34-15-23(32)29-17-8-5-7-16(27)13-17/h3-5,7-9,12-13,24,30H,2,6,10-11,15H2,1H3,(H,29,32)/t24-/m1/s1. The van der Waals surface area contributed by atoms with E-state index in [-0.39, 0.29) is 17.4 Å². The molecule has 0 bridgehead atoms. The molecule has 1 heterocycles. The number of benzene rings is 2. The average molecular weight is 494 g/mol. The number of nitrogens with one attached hydrogen (secondary N) is 2. The average Bonchev–Trinajstić information content (AvgIpc) is 2.82. The van der Waals surface area contributed by atoms with Crippen LogP contribution in [0.3, 0.4) is 0 Å². The van der Waals surface area contributed by atoms with Crippen molar-refractivity contribution < 1.29 is 14.3 Å². The number of rotatable bonds is 7. The fraction of sp³-hybridized carbons (Fsp3) is 0.269. The van der Waals surface area contributed by atoms with Crippen LogP contribution in [0.5, 0.6) is 5.75 Å². The van der Waals surface area contributed by atoms with Gasteiger partial charge in [0.05, 0.1) is 34.9 Å². The van der Waals surface area contributed by atoms with Gasteiger partial charge >= 0.3 is 0 Å². The molecule has 0 unspecified atom stereocenters. The summed E-state index contributed by atoms with van der Waals surface area (Å²) in [4.78, 5) is 25.6. The van der Waals surface area contributed by atoms with Crippen molar-refractivity contribution in [3.63, 3.8) is 0 Å². The Morgan fingerprint density at radius 3 is 2.85 bits per heavy atom. The van der Waals surface area contributed by atoms with Crippen LogP contribution in [-0.2, 0) is 9.59 Å². The maximum Gasteiger partial charge on any atom is 0.234 e. The number of Topliss-reactive ketones (excluding diaryl/α,β-unsaturated/α-hetero) is 1. The van der Waals surface area contributed by atoms with Crippen molar-refractivity contribution in [2.75, 3.05) is 17.7 Å². The van der Waals surface area contributed by atoms with Gasteiger partial charge in [-0.25, -0.2) is 0 Å². The summed E-state index contributed by atoms with van der Waals surface area (Å²) < 4.78 is 5.84. The molecule has 1 atom stereocenters. The quantitative estimate of drug-likeness (QED) is 0.526. The van der Waals surface area contributed by atoms with Gasteiger partial charge in [0.2, 0.25) is 5.91 Å². The van der Waals surface area contributed by atoms with E-state index in [1.165, 1.54) is 11.8 Å². The van der Waals surface area contributed by atoms with Gasteiger partial charge in [-0.2, -0.15) is 5.26 Å². The summed E-state index contributed by atoms with van der Waals surface area (Å²) in [5.41, 5.74) is 3.26. The van der Waals surface area contributed by atoms with Gasteiger partial charge < -0.3 is 15.4 Å². The zero-order valence-corrected chi connectivity index (χ0v) is 20.3. The molecule has 0 saturated heterocycles. The molecule has 1 aliphatic heterocycles. The lowest BCUT2D eigenvalue weighted by molar-refractivity contribution is -0.116. The number of nitrogens with zero attached hydrogens (tertiary/aromatic N) is 1. The normalized spacial score (nSPS) is 17.6. The number of para-hydroxylation sites is 1. The molecule has 2 aromatic rings. The molecule has 2 N–H and O–H groups in total. The third kappa shape index (κ3) is 5.14. The van der Waals surface area contributed by atoms with Crippen LogP contribution < -0.4 is 15.4 Å². The first-order valence-corrected chi connectivity index (χ1v) is 12.5. The summed E-state index contributed by atoms with van der Waals surface area (Å²) in [5, 5.41) is 17.4. The highest BCUT2D eigenvalue weighted by Gasteiger charge is 2.38. The number of ketones is 1. The molecule has 6 nitrogen and oxygen atoms in total. The first-order valence-electron chi connectivity index (χ1n) is 11.1. The minimum atomic E-state index is -0.532. The third-order valence-electron chi connectivity index (χ3n) is 5.65. The van der Waals surface area contributed by atoms with Crippen molar-refractivity contribution in [1.82, 2.24) is 5.32 Å². The first kappa shape index (κ1) is 23.9. The minimum absolute atomic E-state index is 0.0422. The molecule has 2 aromatic carbocycles. The number of ether oxygens (including phenoxy) is 1. The number of carbonyl (C=O) groups excluding carboxylic acids is 2. The van der Waals surface area contributed by atoms with Gasteiger partial charge in [0.25, 0.3) is 0 Å². The van der Waals surface area contributed by atoms with Crippen LogP contribution in [0.1, 0.15) is 37.7 Å². The van der Waals surface area contributed by atoms with E-state index >= 15 is 0 Å². The van der Waals surface area contributed by atoms with E-state index in [4.69, 9.17) is 16.3 Å². The summed E-state index contributed by atoms with van der Waals surface area (Å²) in [7, 11) is 0. The van der Waals surface area contributed by atoms with Gasteiger partial charge in [0.1, 0.15) is 5.75 Å². The van der Waals surface area contributed by atoms with E-state index in [0.717, 1.165) is 17.7 Å². The Balaban J connectivity index is 1.65. The number of nitriles is 1. The van der Waals surface area contributed by atoms with E-state index in [9.17, 15) is 14.9 Å². The van der Waals surface area contributed by atoms with Crippen LogP contribution in [0, 0.1) is 11.3 Å². The molecule has 0 saturated carbocycles. The van der Waals surface area contributed by atoms with E-state index in [2.05, 4.69) is 16.7 Å². The van der Waals surface area contributed by atoms with Crippen LogP contribution >= 0.6 is 23.4 Å². The zero-order chi connectivity index (χ0) is 24.1. The number of halogens is 1. The van der Waals surface area contributed by atoms with Crippen molar-refractivity contribution in [3.8, 4) is 11.8 Å². The summed E-state index contributed by atoms with van der Waals surface area (Å²) in [6.07, 6.45) is 1.92. The molecule has 0 fully saturated rings. The van der Waals surface area contributed by atoms with Crippen LogP contribution in [0.2, 0.25) is 5.02 Å². The molecule has 1 aliphatic carbocycles. The minimum Gasteiger partial charge on any atom is -0.494 e. The number of anilines is 1. The first-order chi connectivity index (χ1) is 16.5. The second kappa shape index (κ2) is 10.8. The fourth-order valence-corrected chi connectivity index (χ4v) is 5.31. The van der Waals surface area contributed by atoms with Crippen molar-refractivity contribution >= 4 is 40.7 Å². The second-order valence-electron chi connectivity index (χ2n) is 7.90. The molecule has 8 heteroatoms. The topological polar surface area (TPSA) is 91.2 Å². The highest BCUT2D eigenvalue weighted by molar-refractivity contribution is 8.03. The summed E-state index contributed by atoms with van der Waals surface area (Å²) >= 11 is 7.25. The van der Waals surface area contributed by atoms with Crippen LogP contribution in [0.15, 0.2) is 70.4 Å². The van der Waals surface area contributed by atoms with Gasteiger partial charge in [0.15, 0.2) is 5.78 Å². The smallest absolute Gasteiger partial charge is 0.234 e. The summed E-state index contributed by atoms with van der Waals surface area (Å²) in [5.74, 6) is 0.0366. The molecule has 2 aliphatic rings. The third-order valence-corrected chi connectivity index (χ3v) is 6.90. The Hall–Kier alpha value is -3.21. The molecule has 174 valence electrons. The molecule has 0 spiro atoms. The number of carbonyl (C=O) groups is 2. The van der Waals surface area contributed by atoms with E-state index < -0.39 is 5.92 Å². The number of thioether (sulfide) groups is 1.